The fraction of sp³-hybridized carbons (Fsp3) is 0.111. The van der Waals surface area contributed by atoms with E-state index in [1.165, 1.54) is 48.8 Å². The van der Waals surface area contributed by atoms with Gasteiger partial charge in [-0.25, -0.2) is 0 Å². The summed E-state index contributed by atoms with van der Waals surface area (Å²) in [5.41, 5.74) is 4.13. The minimum atomic E-state index is 0. The Kier molecular flexibility index (Phi) is 7.40. The molecule has 5 rings (SSSR count). The number of fused-ring (bicyclic) bond motifs is 2. The topological polar surface area (TPSA) is 0 Å². The Bertz CT molecular complexity index is 1190. The zero-order valence-electron chi connectivity index (χ0n) is 17.2. The first-order chi connectivity index (χ1) is 13.6. The summed E-state index contributed by atoms with van der Waals surface area (Å²) in [6, 6.07) is 32.6. The van der Waals surface area contributed by atoms with Crippen LogP contribution in [0.2, 0.25) is 0 Å². The Balaban J connectivity index is 0.000000174. The van der Waals surface area contributed by atoms with Gasteiger partial charge in [-0.15, -0.1) is 77.4 Å². The minimum absolute atomic E-state index is 0. The Morgan fingerprint density at radius 3 is 2.24 bits per heavy atom. The summed E-state index contributed by atoms with van der Waals surface area (Å²) >= 11 is 0. The van der Waals surface area contributed by atoms with Crippen LogP contribution in [0.15, 0.2) is 91.0 Å². The average molecular weight is 472 g/mol. The van der Waals surface area contributed by atoms with Gasteiger partial charge in [-0.05, 0) is 24.7 Å². The molecule has 29 heavy (non-hydrogen) atoms. The van der Waals surface area contributed by atoms with Gasteiger partial charge in [0.2, 0.25) is 0 Å². The third kappa shape index (κ3) is 4.86. The van der Waals surface area contributed by atoms with Crippen LogP contribution in [0.4, 0.5) is 0 Å². The van der Waals surface area contributed by atoms with Crippen molar-refractivity contribution in [3.05, 3.63) is 108 Å². The van der Waals surface area contributed by atoms with Crippen molar-refractivity contribution in [3.63, 3.8) is 0 Å². The van der Waals surface area contributed by atoms with Crippen molar-refractivity contribution in [3.8, 4) is 0 Å². The maximum Gasteiger partial charge on any atom is 2.00 e. The molecule has 2 heteroatoms. The molecule has 0 bridgehead atoms. The molecule has 1 unspecified atom stereocenters. The molecule has 0 heterocycles. The number of aryl methyl sites for hydroxylation is 3. The molecule has 0 aliphatic carbocycles. The van der Waals surface area contributed by atoms with Gasteiger partial charge in [0.05, 0.1) is 0 Å². The van der Waals surface area contributed by atoms with Crippen LogP contribution in [0.1, 0.15) is 16.7 Å². The standard InChI is InChI=1S/C16H14P.C11H11.Zr/c1-12-6-2-5-9-15(12)17-16-11-10-13-7-3-4-8-14(13)16;1-8-6-7-9(2)11-5-3-4-10(8)11;/h2-11,17H,1H3;3-7H,1-2H3;/q2*-1;+2. The Morgan fingerprint density at radius 2 is 1.45 bits per heavy atom. The van der Waals surface area contributed by atoms with E-state index in [0.717, 1.165) is 8.58 Å². The Hall–Kier alpha value is -1.81. The molecule has 0 fully saturated rings. The third-order valence-corrected chi connectivity index (χ3v) is 6.88. The second kappa shape index (κ2) is 9.80. The molecule has 0 saturated carbocycles. The van der Waals surface area contributed by atoms with Crippen molar-refractivity contribution in [2.45, 2.75) is 20.8 Å². The fourth-order valence-corrected chi connectivity index (χ4v) is 4.93. The van der Waals surface area contributed by atoms with E-state index >= 15 is 0 Å². The van der Waals surface area contributed by atoms with Crippen molar-refractivity contribution in [2.24, 2.45) is 0 Å². The van der Waals surface area contributed by atoms with Gasteiger partial charge in [0.25, 0.3) is 0 Å². The van der Waals surface area contributed by atoms with Crippen LogP contribution in [0, 0.1) is 20.8 Å². The van der Waals surface area contributed by atoms with E-state index in [9.17, 15) is 0 Å². The van der Waals surface area contributed by atoms with E-state index in [1.54, 1.807) is 0 Å². The van der Waals surface area contributed by atoms with Crippen LogP contribution in [-0.2, 0) is 26.2 Å². The third-order valence-electron chi connectivity index (χ3n) is 5.34. The fourth-order valence-electron chi connectivity index (χ4n) is 3.66. The predicted octanol–water partition coefficient (Wildman–Crippen LogP) is 6.67. The largest absolute Gasteiger partial charge is 2.00 e. The van der Waals surface area contributed by atoms with Gasteiger partial charge < -0.3 is 0 Å². The van der Waals surface area contributed by atoms with E-state index in [4.69, 9.17) is 0 Å². The smallest absolute Gasteiger partial charge is 0.168 e. The number of hydrogen-bond donors (Lipinski definition) is 0. The van der Waals surface area contributed by atoms with Crippen LogP contribution in [0.5, 0.6) is 0 Å². The average Bonchev–Trinajstić information content (AvgIpc) is 3.36. The predicted molar refractivity (Wildman–Crippen MR) is 127 cm³/mol. The second-order valence-electron chi connectivity index (χ2n) is 7.33. The SMILES string of the molecule is Cc1ccc(C)c2[cH-]ccc12.Cc1ccccc1P[c-]1ccc2ccccc21.[Zr+2]. The van der Waals surface area contributed by atoms with Crippen molar-refractivity contribution >= 4 is 40.7 Å². The molecule has 0 nitrogen and oxygen atoms in total. The summed E-state index contributed by atoms with van der Waals surface area (Å²) in [6.07, 6.45) is 0. The van der Waals surface area contributed by atoms with Gasteiger partial charge in [0, 0.05) is 0 Å². The first kappa shape index (κ1) is 21.9. The molecule has 0 radical (unpaired) electrons. The summed E-state index contributed by atoms with van der Waals surface area (Å²) in [4.78, 5) is 0. The second-order valence-corrected chi connectivity index (χ2v) is 8.65. The van der Waals surface area contributed by atoms with E-state index in [2.05, 4.69) is 112 Å². The first-order valence-electron chi connectivity index (χ1n) is 9.72. The minimum Gasteiger partial charge on any atom is -0.168 e. The molecule has 0 N–H and O–H groups in total. The zero-order valence-corrected chi connectivity index (χ0v) is 20.6. The normalized spacial score (nSPS) is 10.9. The van der Waals surface area contributed by atoms with E-state index in [1.807, 2.05) is 0 Å². The van der Waals surface area contributed by atoms with Crippen molar-refractivity contribution in [1.29, 1.82) is 0 Å². The molecular weight excluding hydrogens is 446 g/mol. The summed E-state index contributed by atoms with van der Waals surface area (Å²) in [5.74, 6) is 0. The quantitative estimate of drug-likeness (QED) is 0.199. The first-order valence-corrected chi connectivity index (χ1v) is 10.7. The molecule has 0 saturated heterocycles. The van der Waals surface area contributed by atoms with Crippen LogP contribution >= 0.6 is 8.58 Å². The van der Waals surface area contributed by atoms with Crippen LogP contribution < -0.4 is 10.6 Å². The van der Waals surface area contributed by atoms with Crippen molar-refractivity contribution in [1.82, 2.24) is 0 Å². The summed E-state index contributed by atoms with van der Waals surface area (Å²) < 4.78 is 0. The van der Waals surface area contributed by atoms with Crippen molar-refractivity contribution in [2.75, 3.05) is 0 Å². The number of hydrogen-bond acceptors (Lipinski definition) is 0. The molecule has 0 amide bonds. The molecule has 1 atom stereocenters. The molecule has 0 spiro atoms. The monoisotopic (exact) mass is 470 g/mol. The maximum atomic E-state index is 2.26. The summed E-state index contributed by atoms with van der Waals surface area (Å²) in [7, 11) is 0.754. The molecule has 142 valence electrons. The number of rotatable bonds is 2. The van der Waals surface area contributed by atoms with Gasteiger partial charge in [0.1, 0.15) is 0 Å². The number of benzene rings is 3. The summed E-state index contributed by atoms with van der Waals surface area (Å²) in [5, 5.41) is 8.44. The van der Waals surface area contributed by atoms with E-state index < -0.39 is 0 Å². The van der Waals surface area contributed by atoms with E-state index in [-0.39, 0.29) is 26.2 Å². The van der Waals surface area contributed by atoms with Gasteiger partial charge in [-0.1, -0.05) is 48.9 Å². The van der Waals surface area contributed by atoms with Gasteiger partial charge >= 0.3 is 26.2 Å². The van der Waals surface area contributed by atoms with Crippen molar-refractivity contribution < 1.29 is 26.2 Å². The maximum absolute atomic E-state index is 2.26. The summed E-state index contributed by atoms with van der Waals surface area (Å²) in [6.45, 7) is 6.50. The molecule has 0 aromatic heterocycles. The molecular formula is C27H25PZr. The van der Waals surface area contributed by atoms with Gasteiger partial charge in [-0.3, -0.25) is 0 Å². The van der Waals surface area contributed by atoms with Crippen LogP contribution in [0.25, 0.3) is 21.5 Å². The Labute approximate surface area is 194 Å². The van der Waals surface area contributed by atoms with Crippen LogP contribution in [-0.4, -0.2) is 0 Å². The van der Waals surface area contributed by atoms with Gasteiger partial charge in [-0.2, -0.15) is 18.2 Å². The molecule has 5 aromatic rings. The molecule has 0 aliphatic heterocycles. The zero-order chi connectivity index (χ0) is 19.5. The van der Waals surface area contributed by atoms with Crippen LogP contribution in [0.3, 0.4) is 0 Å². The Morgan fingerprint density at radius 1 is 0.724 bits per heavy atom. The van der Waals surface area contributed by atoms with E-state index in [0.29, 0.717) is 0 Å². The molecule has 0 aliphatic rings. The van der Waals surface area contributed by atoms with Gasteiger partial charge in [0.15, 0.2) is 0 Å². The molecule has 5 aromatic carbocycles.